The Kier molecular flexibility index (Phi) is 7.36. The van der Waals surface area contributed by atoms with E-state index < -0.39 is 9.84 Å². The van der Waals surface area contributed by atoms with Crippen LogP contribution in [-0.4, -0.2) is 56.0 Å². The van der Waals surface area contributed by atoms with Crippen LogP contribution in [0, 0.1) is 30.1 Å². The average Bonchev–Trinajstić information content (AvgIpc) is 3.56. The molecule has 1 saturated carbocycles. The molecule has 7 nitrogen and oxygen atoms in total. The molecule has 0 amide bonds. The Morgan fingerprint density at radius 1 is 1.10 bits per heavy atom. The summed E-state index contributed by atoms with van der Waals surface area (Å²) in [5.74, 6) is 2.78. The molecule has 204 valence electrons. The van der Waals surface area contributed by atoms with Gasteiger partial charge in [-0.05, 0) is 61.8 Å². The van der Waals surface area contributed by atoms with Crippen LogP contribution in [0.25, 0.3) is 11.3 Å². The Labute approximate surface area is 235 Å². The number of rotatable bonds is 7. The largest absolute Gasteiger partial charge is 0.488 e. The third-order valence-electron chi connectivity index (χ3n) is 8.30. The third-order valence-corrected chi connectivity index (χ3v) is 10.8. The molecule has 39 heavy (non-hydrogen) atoms. The second kappa shape index (κ2) is 10.9. The topological polar surface area (TPSA) is 86.5 Å². The van der Waals surface area contributed by atoms with E-state index >= 15 is 0 Å². The quantitative estimate of drug-likeness (QED) is 0.399. The van der Waals surface area contributed by atoms with Gasteiger partial charge in [0.05, 0.1) is 28.8 Å². The van der Waals surface area contributed by atoms with Crippen molar-refractivity contribution in [3.8, 4) is 23.1 Å². The summed E-state index contributed by atoms with van der Waals surface area (Å²) >= 11 is 1.71. The molecule has 2 aromatic carbocycles. The number of piperidine rings is 1. The highest BCUT2D eigenvalue weighted by molar-refractivity contribution is 7.91. The minimum Gasteiger partial charge on any atom is -0.488 e. The zero-order chi connectivity index (χ0) is 27.0. The highest BCUT2D eigenvalue weighted by Crippen LogP contribution is 2.40. The van der Waals surface area contributed by atoms with Gasteiger partial charge < -0.3 is 9.64 Å². The predicted octanol–water partition coefficient (Wildman–Crippen LogP) is 5.04. The lowest BCUT2D eigenvalue weighted by Crippen LogP contribution is -2.39. The Morgan fingerprint density at radius 3 is 2.62 bits per heavy atom. The monoisotopic (exact) mass is 562 g/mol. The fraction of sp³-hybridized carbons (Fsp3) is 0.467. The summed E-state index contributed by atoms with van der Waals surface area (Å²) in [6.07, 6.45) is 4.08. The third kappa shape index (κ3) is 5.98. The van der Waals surface area contributed by atoms with Gasteiger partial charge in [-0.25, -0.2) is 13.4 Å². The molecule has 6 rings (SSSR count). The Balaban J connectivity index is 1.16. The van der Waals surface area contributed by atoms with E-state index in [1.807, 2.05) is 30.3 Å². The van der Waals surface area contributed by atoms with Crippen LogP contribution in [0.5, 0.6) is 5.75 Å². The van der Waals surface area contributed by atoms with Crippen molar-refractivity contribution in [3.63, 3.8) is 0 Å². The number of ether oxygens (including phenoxy) is 1. The van der Waals surface area contributed by atoms with Gasteiger partial charge in [0, 0.05) is 49.2 Å². The molecular weight excluding hydrogens is 528 g/mol. The molecule has 1 aliphatic carbocycles. The summed E-state index contributed by atoms with van der Waals surface area (Å²) in [5, 5.41) is 13.1. The van der Waals surface area contributed by atoms with Crippen LogP contribution in [0.2, 0.25) is 0 Å². The van der Waals surface area contributed by atoms with Crippen LogP contribution in [0.15, 0.2) is 41.8 Å². The van der Waals surface area contributed by atoms with E-state index in [1.165, 1.54) is 19.3 Å². The molecular formula is C30H34N4O3S2. The van der Waals surface area contributed by atoms with E-state index in [9.17, 15) is 13.7 Å². The van der Waals surface area contributed by atoms with E-state index in [0.717, 1.165) is 63.8 Å². The van der Waals surface area contributed by atoms with Gasteiger partial charge in [-0.15, -0.1) is 11.3 Å². The summed E-state index contributed by atoms with van der Waals surface area (Å²) in [6, 6.07) is 14.3. The van der Waals surface area contributed by atoms with E-state index in [1.54, 1.807) is 11.3 Å². The number of thiazole rings is 1. The fourth-order valence-electron chi connectivity index (χ4n) is 6.14. The molecule has 3 fully saturated rings. The molecule has 2 saturated heterocycles. The van der Waals surface area contributed by atoms with Crippen molar-refractivity contribution in [1.29, 1.82) is 5.26 Å². The standard InChI is InChI=1S/C30H34N4O3S2/c1-21-2-7-29(27(12-21)28-20-38-30(32-28)34-17-22-3-4-23(13-22)18-34)37-19-25-6-5-24(14-26(25)15-31)16-33-8-10-39(35,36)11-9-33/h2,5-7,12,14,20,22-23H,3-4,8-11,13,16-19H2,1H3/t22-,23+. The normalized spacial score (nSPS) is 22.5. The molecule has 3 aromatic rings. The fourth-order valence-corrected chi connectivity index (χ4v) is 8.26. The lowest BCUT2D eigenvalue weighted by molar-refractivity contribution is 0.287. The number of nitrogens with zero attached hydrogens (tertiary/aromatic N) is 4. The SMILES string of the molecule is Cc1ccc(OCc2ccc(CN3CCS(=O)(=O)CC3)cc2C#N)c(-c2csc(N3C[C@@H]4CC[C@@H](C4)C3)n2)c1. The number of sulfone groups is 1. The molecule has 2 aliphatic heterocycles. The molecule has 2 atom stereocenters. The minimum atomic E-state index is -2.91. The van der Waals surface area contributed by atoms with E-state index in [2.05, 4.69) is 34.2 Å². The Bertz CT molecular complexity index is 1480. The molecule has 3 heterocycles. The molecule has 0 spiro atoms. The average molecular weight is 563 g/mol. The maximum Gasteiger partial charge on any atom is 0.185 e. The minimum absolute atomic E-state index is 0.197. The smallest absolute Gasteiger partial charge is 0.185 e. The van der Waals surface area contributed by atoms with Gasteiger partial charge in [0.1, 0.15) is 12.4 Å². The van der Waals surface area contributed by atoms with Crippen LogP contribution in [0.3, 0.4) is 0 Å². The first kappa shape index (κ1) is 26.3. The van der Waals surface area contributed by atoms with Gasteiger partial charge >= 0.3 is 0 Å². The number of anilines is 1. The molecule has 9 heteroatoms. The summed E-state index contributed by atoms with van der Waals surface area (Å²) in [4.78, 5) is 9.64. The van der Waals surface area contributed by atoms with Crippen molar-refractivity contribution in [1.82, 2.24) is 9.88 Å². The van der Waals surface area contributed by atoms with Gasteiger partial charge in [0.15, 0.2) is 15.0 Å². The van der Waals surface area contributed by atoms with E-state index in [0.29, 0.717) is 25.2 Å². The Hall–Kier alpha value is -2.93. The predicted molar refractivity (Wildman–Crippen MR) is 155 cm³/mol. The lowest BCUT2D eigenvalue weighted by Gasteiger charge is -2.31. The maximum atomic E-state index is 11.7. The first-order valence-corrected chi connectivity index (χ1v) is 16.4. The lowest BCUT2D eigenvalue weighted by atomic mass is 9.99. The number of fused-ring (bicyclic) bond motifs is 2. The number of benzene rings is 2. The first-order chi connectivity index (χ1) is 18.8. The highest BCUT2D eigenvalue weighted by Gasteiger charge is 2.34. The van der Waals surface area contributed by atoms with Crippen LogP contribution in [-0.2, 0) is 23.0 Å². The maximum absolute atomic E-state index is 11.7. The zero-order valence-electron chi connectivity index (χ0n) is 22.3. The molecule has 3 aliphatic rings. The summed E-state index contributed by atoms with van der Waals surface area (Å²) < 4.78 is 29.8. The summed E-state index contributed by atoms with van der Waals surface area (Å²) in [5.41, 5.74) is 5.49. The number of aryl methyl sites for hydroxylation is 1. The number of hydrogen-bond acceptors (Lipinski definition) is 8. The van der Waals surface area contributed by atoms with Crippen LogP contribution in [0.4, 0.5) is 5.13 Å². The number of nitriles is 1. The summed E-state index contributed by atoms with van der Waals surface area (Å²) in [7, 11) is -2.91. The molecule has 0 N–H and O–H groups in total. The van der Waals surface area contributed by atoms with Crippen LogP contribution >= 0.6 is 11.3 Å². The van der Waals surface area contributed by atoms with Crippen molar-refractivity contribution >= 4 is 26.3 Å². The Morgan fingerprint density at radius 2 is 1.87 bits per heavy atom. The first-order valence-electron chi connectivity index (χ1n) is 13.7. The second-order valence-electron chi connectivity index (χ2n) is 11.3. The van der Waals surface area contributed by atoms with Gasteiger partial charge in [-0.2, -0.15) is 5.26 Å². The zero-order valence-corrected chi connectivity index (χ0v) is 23.9. The van der Waals surface area contributed by atoms with Crippen molar-refractivity contribution in [2.75, 3.05) is 42.6 Å². The molecule has 2 bridgehead atoms. The number of aromatic nitrogens is 1. The van der Waals surface area contributed by atoms with Gasteiger partial charge in [0.2, 0.25) is 0 Å². The van der Waals surface area contributed by atoms with Crippen molar-refractivity contribution < 1.29 is 13.2 Å². The second-order valence-corrected chi connectivity index (χ2v) is 14.4. The number of hydrogen-bond donors (Lipinski definition) is 0. The van der Waals surface area contributed by atoms with Crippen molar-refractivity contribution in [2.45, 2.75) is 39.3 Å². The van der Waals surface area contributed by atoms with Crippen molar-refractivity contribution in [3.05, 3.63) is 64.0 Å². The highest BCUT2D eigenvalue weighted by atomic mass is 32.2. The van der Waals surface area contributed by atoms with E-state index in [4.69, 9.17) is 9.72 Å². The van der Waals surface area contributed by atoms with Gasteiger partial charge in [0.25, 0.3) is 0 Å². The molecule has 1 aromatic heterocycles. The molecule has 0 radical (unpaired) electrons. The van der Waals surface area contributed by atoms with Crippen LogP contribution in [0.1, 0.15) is 41.5 Å². The van der Waals surface area contributed by atoms with Crippen molar-refractivity contribution in [2.24, 2.45) is 11.8 Å². The van der Waals surface area contributed by atoms with Gasteiger partial charge in [-0.3, -0.25) is 4.90 Å². The summed E-state index contributed by atoms with van der Waals surface area (Å²) in [6.45, 7) is 6.29. The van der Waals surface area contributed by atoms with Crippen LogP contribution < -0.4 is 9.64 Å². The molecule has 0 unspecified atom stereocenters. The van der Waals surface area contributed by atoms with E-state index in [-0.39, 0.29) is 18.1 Å². The van der Waals surface area contributed by atoms with Gasteiger partial charge in [-0.1, -0.05) is 23.8 Å².